The first-order valence-corrected chi connectivity index (χ1v) is 7.80. The van der Waals surface area contributed by atoms with Gasteiger partial charge >= 0.3 is 0 Å². The fraction of sp³-hybridized carbons (Fsp3) is 0.471. The minimum atomic E-state index is -0.148. The molecular weight excluding hydrogens is 278 g/mol. The lowest BCUT2D eigenvalue weighted by atomic mass is 9.94. The number of fused-ring (bicyclic) bond motifs is 1. The minimum Gasteiger partial charge on any atom is -0.382 e. The lowest BCUT2D eigenvalue weighted by Crippen LogP contribution is -2.30. The summed E-state index contributed by atoms with van der Waals surface area (Å²) in [5.74, 6) is -0.281. The van der Waals surface area contributed by atoms with Gasteiger partial charge in [0.15, 0.2) is 5.78 Å². The van der Waals surface area contributed by atoms with E-state index in [0.717, 1.165) is 31.7 Å². The number of allylic oxidation sites excluding steroid dienone is 2. The summed E-state index contributed by atoms with van der Waals surface area (Å²) in [4.78, 5) is 30.9. The molecule has 1 heterocycles. The quantitative estimate of drug-likeness (QED) is 0.780. The molecule has 0 saturated heterocycles. The summed E-state index contributed by atoms with van der Waals surface area (Å²) < 4.78 is 0. The number of carbonyl (C=O) groups is 2. The van der Waals surface area contributed by atoms with Crippen LogP contribution in [0.3, 0.4) is 0 Å². The van der Waals surface area contributed by atoms with Gasteiger partial charge in [-0.15, -0.1) is 0 Å². The zero-order valence-electron chi connectivity index (χ0n) is 13.5. The zero-order chi connectivity index (χ0) is 16.1. The molecule has 1 N–H and O–H groups in total. The molecule has 118 valence electrons. The number of rotatable bonds is 7. The third-order valence-electron chi connectivity index (χ3n) is 3.93. The summed E-state index contributed by atoms with van der Waals surface area (Å²) in [5.41, 5.74) is 1.96. The van der Waals surface area contributed by atoms with Crippen LogP contribution in [0.25, 0.3) is 0 Å². The smallest absolute Gasteiger partial charge is 0.211 e. The Balaban J connectivity index is 1.98. The first-order chi connectivity index (χ1) is 10.6. The largest absolute Gasteiger partial charge is 0.382 e. The Morgan fingerprint density at radius 2 is 1.91 bits per heavy atom. The molecule has 0 saturated carbocycles. The number of hydrogen-bond donors (Lipinski definition) is 1. The van der Waals surface area contributed by atoms with Crippen LogP contribution in [0.1, 0.15) is 46.7 Å². The maximum atomic E-state index is 12.4. The molecule has 5 nitrogen and oxygen atoms in total. The van der Waals surface area contributed by atoms with E-state index in [9.17, 15) is 9.59 Å². The highest BCUT2D eigenvalue weighted by Gasteiger charge is 2.25. The van der Waals surface area contributed by atoms with Gasteiger partial charge in [0.1, 0.15) is 0 Å². The Hall–Kier alpha value is -2.01. The summed E-state index contributed by atoms with van der Waals surface area (Å²) >= 11 is 0. The number of aromatic nitrogens is 1. The predicted molar refractivity (Wildman–Crippen MR) is 86.1 cm³/mol. The highest BCUT2D eigenvalue weighted by atomic mass is 16.1. The van der Waals surface area contributed by atoms with Gasteiger partial charge in [-0.1, -0.05) is 13.8 Å². The Morgan fingerprint density at radius 1 is 1.18 bits per heavy atom. The number of nitrogens with zero attached hydrogens (tertiary/aromatic N) is 2. The van der Waals surface area contributed by atoms with E-state index in [2.05, 4.69) is 29.0 Å². The standard InChI is InChI=1S/C17H23N3O2/c1-4-20(5-2)8-6-7-18-15-10-16(21)13-9-12(3)19-11-14(13)17(15)22/h9-11,18H,4-8H2,1-3H3. The van der Waals surface area contributed by atoms with Crippen LogP contribution in [0.15, 0.2) is 24.0 Å². The van der Waals surface area contributed by atoms with Gasteiger partial charge in [0.25, 0.3) is 0 Å². The fourth-order valence-electron chi connectivity index (χ4n) is 2.56. The van der Waals surface area contributed by atoms with Gasteiger partial charge in [0.05, 0.1) is 11.3 Å². The van der Waals surface area contributed by atoms with Crippen LogP contribution in [0.5, 0.6) is 0 Å². The van der Waals surface area contributed by atoms with Gasteiger partial charge in [-0.3, -0.25) is 14.6 Å². The number of ketones is 2. The van der Waals surface area contributed by atoms with E-state index in [-0.39, 0.29) is 11.6 Å². The number of Topliss-reactive ketones (excluding diaryl/α,β-unsaturated/α-hetero) is 1. The second-order valence-electron chi connectivity index (χ2n) is 5.43. The van der Waals surface area contributed by atoms with Crippen LogP contribution in [-0.4, -0.2) is 47.6 Å². The van der Waals surface area contributed by atoms with Crippen LogP contribution < -0.4 is 5.32 Å². The molecule has 5 heteroatoms. The fourth-order valence-corrected chi connectivity index (χ4v) is 2.56. The molecule has 1 aromatic heterocycles. The normalized spacial score (nSPS) is 14.1. The van der Waals surface area contributed by atoms with Crippen LogP contribution in [0.2, 0.25) is 0 Å². The maximum Gasteiger partial charge on any atom is 0.211 e. The third kappa shape index (κ3) is 3.60. The minimum absolute atomic E-state index is 0.133. The molecule has 0 amide bonds. The van der Waals surface area contributed by atoms with Crippen LogP contribution in [-0.2, 0) is 0 Å². The molecule has 22 heavy (non-hydrogen) atoms. The summed E-state index contributed by atoms with van der Waals surface area (Å²) in [5, 5.41) is 3.10. The number of hydrogen-bond acceptors (Lipinski definition) is 5. The van der Waals surface area contributed by atoms with Crippen molar-refractivity contribution in [2.24, 2.45) is 0 Å². The van der Waals surface area contributed by atoms with Gasteiger partial charge in [0.2, 0.25) is 5.78 Å². The third-order valence-corrected chi connectivity index (χ3v) is 3.93. The molecule has 0 aromatic carbocycles. The topological polar surface area (TPSA) is 62.3 Å². The summed E-state index contributed by atoms with van der Waals surface area (Å²) in [6, 6.07) is 1.67. The van der Waals surface area contributed by atoms with Gasteiger partial charge in [-0.05, 0) is 39.0 Å². The maximum absolute atomic E-state index is 12.4. The molecule has 2 rings (SSSR count). The molecule has 0 bridgehead atoms. The second-order valence-corrected chi connectivity index (χ2v) is 5.43. The molecule has 0 atom stereocenters. The van der Waals surface area contributed by atoms with E-state index in [4.69, 9.17) is 0 Å². The molecule has 0 unspecified atom stereocenters. The van der Waals surface area contributed by atoms with Crippen LogP contribution in [0.4, 0.5) is 0 Å². The van der Waals surface area contributed by atoms with Crippen molar-refractivity contribution >= 4 is 11.6 Å². The average molecular weight is 301 g/mol. The van der Waals surface area contributed by atoms with Crippen molar-refractivity contribution in [3.05, 3.63) is 40.9 Å². The van der Waals surface area contributed by atoms with Gasteiger partial charge in [-0.2, -0.15) is 0 Å². The molecule has 1 aliphatic rings. The number of aryl methyl sites for hydroxylation is 1. The number of nitrogens with one attached hydrogen (secondary N) is 1. The van der Waals surface area contributed by atoms with Crippen molar-refractivity contribution in [3.63, 3.8) is 0 Å². The highest BCUT2D eigenvalue weighted by Crippen LogP contribution is 2.20. The monoisotopic (exact) mass is 301 g/mol. The van der Waals surface area contributed by atoms with E-state index in [1.54, 1.807) is 6.07 Å². The van der Waals surface area contributed by atoms with Crippen molar-refractivity contribution in [2.45, 2.75) is 27.2 Å². The molecule has 0 fully saturated rings. The first kappa shape index (κ1) is 16.4. The zero-order valence-corrected chi connectivity index (χ0v) is 13.5. The van der Waals surface area contributed by atoms with E-state index in [1.165, 1.54) is 12.3 Å². The molecule has 0 radical (unpaired) electrons. The number of pyridine rings is 1. The highest BCUT2D eigenvalue weighted by molar-refractivity contribution is 6.24. The summed E-state index contributed by atoms with van der Waals surface area (Å²) in [6.45, 7) is 9.78. The summed E-state index contributed by atoms with van der Waals surface area (Å²) in [6.07, 6.45) is 3.83. The predicted octanol–water partition coefficient (Wildman–Crippen LogP) is 1.97. The van der Waals surface area contributed by atoms with Gasteiger partial charge in [0, 0.05) is 30.1 Å². The Labute approximate surface area is 131 Å². The average Bonchev–Trinajstić information content (AvgIpc) is 2.52. The van der Waals surface area contributed by atoms with E-state index in [1.807, 2.05) is 6.92 Å². The lowest BCUT2D eigenvalue weighted by molar-refractivity contribution is 0.0977. The lowest BCUT2D eigenvalue weighted by Gasteiger charge is -2.19. The molecule has 1 aromatic rings. The van der Waals surface area contributed by atoms with Gasteiger partial charge < -0.3 is 10.2 Å². The van der Waals surface area contributed by atoms with Crippen molar-refractivity contribution in [1.29, 1.82) is 0 Å². The Kier molecular flexibility index (Phi) is 5.44. The van der Waals surface area contributed by atoms with Crippen LogP contribution >= 0.6 is 0 Å². The Morgan fingerprint density at radius 3 is 2.59 bits per heavy atom. The van der Waals surface area contributed by atoms with E-state index >= 15 is 0 Å². The molecule has 0 spiro atoms. The molecular formula is C17H23N3O2. The van der Waals surface area contributed by atoms with Crippen molar-refractivity contribution in [2.75, 3.05) is 26.2 Å². The van der Waals surface area contributed by atoms with Gasteiger partial charge in [-0.25, -0.2) is 0 Å². The molecule has 1 aliphatic carbocycles. The summed E-state index contributed by atoms with van der Waals surface area (Å²) in [7, 11) is 0. The molecule has 0 aliphatic heterocycles. The van der Waals surface area contributed by atoms with Crippen molar-refractivity contribution in [1.82, 2.24) is 15.2 Å². The van der Waals surface area contributed by atoms with E-state index < -0.39 is 0 Å². The van der Waals surface area contributed by atoms with E-state index in [0.29, 0.717) is 23.4 Å². The number of carbonyl (C=O) groups excluding carboxylic acids is 2. The SMILES string of the molecule is CCN(CC)CCCNC1=CC(=O)c2cc(C)ncc2C1=O. The first-order valence-electron chi connectivity index (χ1n) is 7.80. The second kappa shape index (κ2) is 7.31. The Bertz CT molecular complexity index is 604. The van der Waals surface area contributed by atoms with Crippen LogP contribution in [0, 0.1) is 6.92 Å². The van der Waals surface area contributed by atoms with Crippen molar-refractivity contribution in [3.8, 4) is 0 Å². The van der Waals surface area contributed by atoms with Crippen molar-refractivity contribution < 1.29 is 9.59 Å².